The Labute approximate surface area is 127 Å². The molecule has 0 atom stereocenters. The summed E-state index contributed by atoms with van der Waals surface area (Å²) < 4.78 is 0. The maximum absolute atomic E-state index is 4.46. The van der Waals surface area contributed by atoms with Crippen molar-refractivity contribution in [1.29, 1.82) is 0 Å². The first-order chi connectivity index (χ1) is 10.9. The van der Waals surface area contributed by atoms with Gasteiger partial charge in [0.15, 0.2) is 0 Å². The monoisotopic (exact) mass is 280 g/mol. The van der Waals surface area contributed by atoms with Gasteiger partial charge < -0.3 is 0 Å². The van der Waals surface area contributed by atoms with Gasteiger partial charge in [-0.3, -0.25) is 9.97 Å². The maximum atomic E-state index is 4.46. The van der Waals surface area contributed by atoms with Gasteiger partial charge in [-0.15, -0.1) is 0 Å². The predicted octanol–water partition coefficient (Wildman–Crippen LogP) is 5.09. The molecule has 0 saturated heterocycles. The van der Waals surface area contributed by atoms with Crippen molar-refractivity contribution in [1.82, 2.24) is 9.97 Å². The highest BCUT2D eigenvalue weighted by Crippen LogP contribution is 2.36. The Morgan fingerprint density at radius 1 is 0.455 bits per heavy atom. The van der Waals surface area contributed by atoms with E-state index in [2.05, 4.69) is 70.6 Å². The molecule has 0 amide bonds. The largest absolute Gasteiger partial charge is 0.253 e. The van der Waals surface area contributed by atoms with Crippen molar-refractivity contribution in [2.24, 2.45) is 0 Å². The fourth-order valence-corrected chi connectivity index (χ4v) is 3.36. The topological polar surface area (TPSA) is 25.8 Å². The van der Waals surface area contributed by atoms with Gasteiger partial charge in [0.05, 0.1) is 11.0 Å². The summed E-state index contributed by atoms with van der Waals surface area (Å²) in [6, 6.07) is 21.5. The highest BCUT2D eigenvalue weighted by molar-refractivity contribution is 6.26. The molecule has 0 radical (unpaired) electrons. The molecule has 0 fully saturated rings. The number of benzene rings is 4. The molecule has 0 aliphatic heterocycles. The highest BCUT2D eigenvalue weighted by atomic mass is 14.8. The van der Waals surface area contributed by atoms with Gasteiger partial charge in [-0.2, -0.15) is 0 Å². The van der Waals surface area contributed by atoms with E-state index < -0.39 is 0 Å². The average molecular weight is 280 g/mol. The zero-order chi connectivity index (χ0) is 14.5. The van der Waals surface area contributed by atoms with E-state index in [1.54, 1.807) is 12.4 Å². The van der Waals surface area contributed by atoms with Crippen molar-refractivity contribution in [3.8, 4) is 0 Å². The number of nitrogens with zero attached hydrogens (tertiary/aromatic N) is 2. The first kappa shape index (κ1) is 11.6. The van der Waals surface area contributed by atoms with Crippen LogP contribution in [0.5, 0.6) is 0 Å². The Kier molecular flexibility index (Phi) is 2.25. The third kappa shape index (κ3) is 1.49. The molecular formula is C20H12N2. The number of hydrogen-bond donors (Lipinski definition) is 0. The third-order valence-electron chi connectivity index (χ3n) is 4.33. The average Bonchev–Trinajstić information content (AvgIpc) is 2.61. The molecule has 2 heteroatoms. The minimum absolute atomic E-state index is 0.940. The van der Waals surface area contributed by atoms with Crippen molar-refractivity contribution in [3.63, 3.8) is 0 Å². The van der Waals surface area contributed by atoms with Crippen LogP contribution in [0, 0.1) is 0 Å². The van der Waals surface area contributed by atoms with Crippen LogP contribution in [0.1, 0.15) is 0 Å². The van der Waals surface area contributed by atoms with E-state index in [0.717, 1.165) is 11.0 Å². The fraction of sp³-hybridized carbons (Fsp3) is 0. The molecule has 22 heavy (non-hydrogen) atoms. The number of fused-ring (bicyclic) bond motifs is 7. The van der Waals surface area contributed by atoms with Crippen molar-refractivity contribution >= 4 is 43.4 Å². The molecule has 4 aromatic carbocycles. The lowest BCUT2D eigenvalue weighted by Gasteiger charge is -2.10. The standard InChI is InChI=1S/C20H12N2/c1-3-7-15-13(5-1)14-6-2-4-8-16(14)18-12-20-19(11-17(15)18)21-9-10-22-20/h1-12H. The summed E-state index contributed by atoms with van der Waals surface area (Å²) in [5.41, 5.74) is 1.88. The summed E-state index contributed by atoms with van der Waals surface area (Å²) >= 11 is 0. The van der Waals surface area contributed by atoms with Gasteiger partial charge >= 0.3 is 0 Å². The second-order valence-corrected chi connectivity index (χ2v) is 5.53. The van der Waals surface area contributed by atoms with Crippen LogP contribution >= 0.6 is 0 Å². The molecule has 5 aromatic rings. The number of aromatic nitrogens is 2. The molecule has 2 nitrogen and oxygen atoms in total. The molecule has 0 unspecified atom stereocenters. The van der Waals surface area contributed by atoms with E-state index in [4.69, 9.17) is 0 Å². The van der Waals surface area contributed by atoms with Gasteiger partial charge in [-0.05, 0) is 44.5 Å². The Morgan fingerprint density at radius 3 is 1.23 bits per heavy atom. The molecule has 1 heterocycles. The van der Waals surface area contributed by atoms with Crippen molar-refractivity contribution in [2.75, 3.05) is 0 Å². The number of rotatable bonds is 0. The van der Waals surface area contributed by atoms with Crippen LogP contribution in [0.4, 0.5) is 0 Å². The zero-order valence-corrected chi connectivity index (χ0v) is 11.8. The minimum Gasteiger partial charge on any atom is -0.253 e. The van der Waals surface area contributed by atoms with Crippen molar-refractivity contribution in [3.05, 3.63) is 73.1 Å². The summed E-state index contributed by atoms with van der Waals surface area (Å²) in [7, 11) is 0. The van der Waals surface area contributed by atoms with Gasteiger partial charge in [0.1, 0.15) is 0 Å². The molecule has 0 bridgehead atoms. The maximum Gasteiger partial charge on any atom is 0.0893 e. The highest BCUT2D eigenvalue weighted by Gasteiger charge is 2.09. The van der Waals surface area contributed by atoms with Crippen LogP contribution in [-0.4, -0.2) is 9.97 Å². The lowest BCUT2D eigenvalue weighted by atomic mass is 9.94. The van der Waals surface area contributed by atoms with E-state index in [0.29, 0.717) is 0 Å². The Bertz CT molecular complexity index is 1080. The van der Waals surface area contributed by atoms with Crippen molar-refractivity contribution in [2.45, 2.75) is 0 Å². The van der Waals surface area contributed by atoms with Crippen LogP contribution in [0.3, 0.4) is 0 Å². The molecule has 1 aromatic heterocycles. The van der Waals surface area contributed by atoms with E-state index in [1.807, 2.05) is 0 Å². The fourth-order valence-electron chi connectivity index (χ4n) is 3.36. The van der Waals surface area contributed by atoms with Crippen LogP contribution in [0.2, 0.25) is 0 Å². The lowest BCUT2D eigenvalue weighted by Crippen LogP contribution is -1.86. The Morgan fingerprint density at radius 2 is 0.818 bits per heavy atom. The van der Waals surface area contributed by atoms with Crippen molar-refractivity contribution < 1.29 is 0 Å². The van der Waals surface area contributed by atoms with E-state index in [1.165, 1.54) is 32.3 Å². The molecule has 0 aliphatic carbocycles. The second kappa shape index (κ2) is 4.25. The first-order valence-electron chi connectivity index (χ1n) is 7.36. The van der Waals surface area contributed by atoms with Gasteiger partial charge in [0.25, 0.3) is 0 Å². The molecule has 0 spiro atoms. The second-order valence-electron chi connectivity index (χ2n) is 5.53. The SMILES string of the molecule is c1ccc2c(c1)c1ccccc1c1cc3nccnc3cc21. The van der Waals surface area contributed by atoms with Crippen LogP contribution < -0.4 is 0 Å². The summed E-state index contributed by atoms with van der Waals surface area (Å²) in [6.45, 7) is 0. The van der Waals surface area contributed by atoms with Crippen LogP contribution in [0.15, 0.2) is 73.1 Å². The molecule has 102 valence electrons. The van der Waals surface area contributed by atoms with Gasteiger partial charge in [-0.25, -0.2) is 0 Å². The first-order valence-corrected chi connectivity index (χ1v) is 7.36. The molecule has 0 aliphatic rings. The normalized spacial score (nSPS) is 11.6. The predicted molar refractivity (Wildman–Crippen MR) is 92.1 cm³/mol. The molecule has 0 saturated carbocycles. The van der Waals surface area contributed by atoms with Gasteiger partial charge in [-0.1, -0.05) is 48.5 Å². The third-order valence-corrected chi connectivity index (χ3v) is 4.33. The summed E-state index contributed by atoms with van der Waals surface area (Å²) in [6.07, 6.45) is 3.49. The quantitative estimate of drug-likeness (QED) is 0.292. The van der Waals surface area contributed by atoms with Crippen LogP contribution in [-0.2, 0) is 0 Å². The van der Waals surface area contributed by atoms with E-state index in [-0.39, 0.29) is 0 Å². The molecular weight excluding hydrogens is 268 g/mol. The summed E-state index contributed by atoms with van der Waals surface area (Å²) in [4.78, 5) is 8.91. The summed E-state index contributed by atoms with van der Waals surface area (Å²) in [5, 5.41) is 7.58. The lowest BCUT2D eigenvalue weighted by molar-refractivity contribution is 1.30. The van der Waals surface area contributed by atoms with E-state index >= 15 is 0 Å². The van der Waals surface area contributed by atoms with E-state index in [9.17, 15) is 0 Å². The molecule has 5 rings (SSSR count). The molecule has 0 N–H and O–H groups in total. The van der Waals surface area contributed by atoms with Gasteiger partial charge in [0, 0.05) is 12.4 Å². The summed E-state index contributed by atoms with van der Waals surface area (Å²) in [5.74, 6) is 0. The minimum atomic E-state index is 0.940. The van der Waals surface area contributed by atoms with Gasteiger partial charge in [0.2, 0.25) is 0 Å². The Balaban J connectivity index is 2.17. The van der Waals surface area contributed by atoms with Crippen LogP contribution in [0.25, 0.3) is 43.4 Å². The number of hydrogen-bond acceptors (Lipinski definition) is 2. The Hall–Kier alpha value is -3.00. The zero-order valence-electron chi connectivity index (χ0n) is 11.8. The smallest absolute Gasteiger partial charge is 0.0893 e.